The molecule has 1 heterocycles. The summed E-state index contributed by atoms with van der Waals surface area (Å²) in [6, 6.07) is 13.9. The fraction of sp³-hybridized carbons (Fsp3) is 0.556. The molecular weight excluding hydrogens is 436 g/mol. The van der Waals surface area contributed by atoms with Crippen molar-refractivity contribution in [2.75, 3.05) is 13.7 Å². The van der Waals surface area contributed by atoms with Crippen molar-refractivity contribution in [3.8, 4) is 5.75 Å². The first kappa shape index (κ1) is 25.1. The molecule has 0 bridgehead atoms. The Hall–Kier alpha value is -2.00. The fourth-order valence-corrected chi connectivity index (χ4v) is 4.92. The number of ether oxygens (including phenoxy) is 3. The third-order valence-corrected chi connectivity index (χ3v) is 7.17. The number of aliphatic hydroxyl groups is 4. The molecule has 0 unspecified atom stereocenters. The topological polar surface area (TPSA) is 109 Å². The SMILES string of the molecule is COC1CCC(Oc2ccc(Cc3cc([C@@H]4O[C@H](CO)[C@@H](O)[C@H](O)[C@H]4O)ccc3C)cc2)CC1. The zero-order chi connectivity index (χ0) is 24.2. The van der Waals surface area contributed by atoms with Gasteiger partial charge >= 0.3 is 0 Å². The molecule has 1 aliphatic heterocycles. The average Bonchev–Trinajstić information content (AvgIpc) is 2.86. The Morgan fingerprint density at radius 3 is 2.21 bits per heavy atom. The van der Waals surface area contributed by atoms with E-state index in [1.54, 1.807) is 7.11 Å². The quantitative estimate of drug-likeness (QED) is 0.490. The van der Waals surface area contributed by atoms with Crippen molar-refractivity contribution < 1.29 is 34.6 Å². The molecule has 7 nitrogen and oxygen atoms in total. The minimum Gasteiger partial charge on any atom is -0.490 e. The van der Waals surface area contributed by atoms with E-state index in [-0.39, 0.29) is 6.10 Å². The lowest BCUT2D eigenvalue weighted by atomic mass is 9.89. The van der Waals surface area contributed by atoms with Crippen LogP contribution < -0.4 is 4.74 Å². The Morgan fingerprint density at radius 1 is 0.882 bits per heavy atom. The second-order valence-corrected chi connectivity index (χ2v) is 9.51. The average molecular weight is 473 g/mol. The Kier molecular flexibility index (Phi) is 8.24. The van der Waals surface area contributed by atoms with Crippen LogP contribution in [0.3, 0.4) is 0 Å². The molecule has 0 spiro atoms. The molecule has 0 aromatic heterocycles. The van der Waals surface area contributed by atoms with Crippen molar-refractivity contribution in [3.05, 3.63) is 64.7 Å². The van der Waals surface area contributed by atoms with Crippen LogP contribution in [0.4, 0.5) is 0 Å². The first-order valence-corrected chi connectivity index (χ1v) is 12.1. The minimum atomic E-state index is -1.39. The number of rotatable bonds is 7. The number of aryl methyl sites for hydroxylation is 1. The Labute approximate surface area is 200 Å². The van der Waals surface area contributed by atoms with Gasteiger partial charge in [0, 0.05) is 7.11 Å². The molecule has 1 aliphatic carbocycles. The van der Waals surface area contributed by atoms with Gasteiger partial charge in [-0.15, -0.1) is 0 Å². The molecule has 5 atom stereocenters. The van der Waals surface area contributed by atoms with Gasteiger partial charge in [-0.2, -0.15) is 0 Å². The summed E-state index contributed by atoms with van der Waals surface area (Å²) in [5.41, 5.74) is 4.00. The highest BCUT2D eigenvalue weighted by atomic mass is 16.5. The zero-order valence-electron chi connectivity index (χ0n) is 19.8. The van der Waals surface area contributed by atoms with Gasteiger partial charge in [0.25, 0.3) is 0 Å². The fourth-order valence-electron chi connectivity index (χ4n) is 4.92. The third kappa shape index (κ3) is 5.62. The van der Waals surface area contributed by atoms with E-state index in [9.17, 15) is 20.4 Å². The highest BCUT2D eigenvalue weighted by Gasteiger charge is 2.44. The molecule has 2 aliphatic rings. The first-order chi connectivity index (χ1) is 16.4. The molecule has 0 amide bonds. The monoisotopic (exact) mass is 472 g/mol. The maximum absolute atomic E-state index is 10.5. The van der Waals surface area contributed by atoms with Crippen LogP contribution in [0, 0.1) is 6.92 Å². The van der Waals surface area contributed by atoms with Crippen molar-refractivity contribution in [1.82, 2.24) is 0 Å². The molecule has 4 rings (SSSR count). The van der Waals surface area contributed by atoms with Gasteiger partial charge in [0.15, 0.2) is 0 Å². The highest BCUT2D eigenvalue weighted by Crippen LogP contribution is 2.34. The van der Waals surface area contributed by atoms with Crippen LogP contribution in [0.5, 0.6) is 5.75 Å². The van der Waals surface area contributed by atoms with E-state index in [0.717, 1.165) is 48.1 Å². The maximum atomic E-state index is 10.5. The molecule has 1 saturated carbocycles. The van der Waals surface area contributed by atoms with E-state index in [2.05, 4.69) is 12.1 Å². The molecule has 2 fully saturated rings. The van der Waals surface area contributed by atoms with E-state index < -0.39 is 37.1 Å². The van der Waals surface area contributed by atoms with Gasteiger partial charge in [-0.25, -0.2) is 0 Å². The summed E-state index contributed by atoms with van der Waals surface area (Å²) in [6.45, 7) is 1.59. The van der Waals surface area contributed by atoms with E-state index in [0.29, 0.717) is 18.1 Å². The van der Waals surface area contributed by atoms with E-state index in [1.807, 2.05) is 37.3 Å². The molecule has 1 saturated heterocycles. The number of methoxy groups -OCH3 is 1. The molecule has 0 radical (unpaired) electrons. The second-order valence-electron chi connectivity index (χ2n) is 9.51. The van der Waals surface area contributed by atoms with Gasteiger partial charge in [-0.05, 0) is 73.4 Å². The largest absolute Gasteiger partial charge is 0.490 e. The summed E-state index contributed by atoms with van der Waals surface area (Å²) < 4.78 is 17.3. The summed E-state index contributed by atoms with van der Waals surface area (Å²) >= 11 is 0. The van der Waals surface area contributed by atoms with Crippen molar-refractivity contribution in [2.24, 2.45) is 0 Å². The zero-order valence-corrected chi connectivity index (χ0v) is 19.8. The van der Waals surface area contributed by atoms with Crippen LogP contribution in [-0.4, -0.2) is 70.8 Å². The molecule has 4 N–H and O–H groups in total. The number of hydrogen-bond acceptors (Lipinski definition) is 7. The van der Waals surface area contributed by atoms with Crippen LogP contribution in [0.15, 0.2) is 42.5 Å². The number of aliphatic hydroxyl groups excluding tert-OH is 4. The van der Waals surface area contributed by atoms with Crippen molar-refractivity contribution in [3.63, 3.8) is 0 Å². The van der Waals surface area contributed by atoms with Gasteiger partial charge in [-0.3, -0.25) is 0 Å². The summed E-state index contributed by atoms with van der Waals surface area (Å²) in [5.74, 6) is 0.872. The molecule has 2 aromatic carbocycles. The van der Waals surface area contributed by atoms with E-state index in [4.69, 9.17) is 14.2 Å². The first-order valence-electron chi connectivity index (χ1n) is 12.1. The van der Waals surface area contributed by atoms with Crippen LogP contribution in [0.1, 0.15) is 54.0 Å². The summed E-state index contributed by atoms with van der Waals surface area (Å²) in [4.78, 5) is 0. The van der Waals surface area contributed by atoms with Gasteiger partial charge < -0.3 is 34.6 Å². The summed E-state index contributed by atoms with van der Waals surface area (Å²) in [5, 5.41) is 40.2. The molecular formula is C27H36O7. The Bertz CT molecular complexity index is 921. The van der Waals surface area contributed by atoms with Gasteiger partial charge in [0.2, 0.25) is 0 Å². The number of benzene rings is 2. The van der Waals surface area contributed by atoms with Gasteiger partial charge in [0.1, 0.15) is 36.3 Å². The molecule has 34 heavy (non-hydrogen) atoms. The van der Waals surface area contributed by atoms with Crippen molar-refractivity contribution in [1.29, 1.82) is 0 Å². The van der Waals surface area contributed by atoms with Crippen LogP contribution in [-0.2, 0) is 15.9 Å². The molecule has 186 valence electrons. The molecule has 2 aromatic rings. The lowest BCUT2D eigenvalue weighted by molar-refractivity contribution is -0.231. The normalized spacial score (nSPS) is 31.9. The lowest BCUT2D eigenvalue weighted by Crippen LogP contribution is -2.55. The maximum Gasteiger partial charge on any atom is 0.119 e. The highest BCUT2D eigenvalue weighted by molar-refractivity contribution is 5.38. The smallest absolute Gasteiger partial charge is 0.119 e. The summed E-state index contributed by atoms with van der Waals surface area (Å²) in [6.07, 6.45) is -0.460. The lowest BCUT2D eigenvalue weighted by Gasteiger charge is -2.40. The van der Waals surface area contributed by atoms with Gasteiger partial charge in [0.05, 0.1) is 18.8 Å². The van der Waals surface area contributed by atoms with Crippen LogP contribution in [0.2, 0.25) is 0 Å². The Balaban J connectivity index is 1.42. The predicted molar refractivity (Wildman–Crippen MR) is 127 cm³/mol. The van der Waals surface area contributed by atoms with Crippen LogP contribution >= 0.6 is 0 Å². The van der Waals surface area contributed by atoms with Crippen molar-refractivity contribution >= 4 is 0 Å². The standard InChI is InChI=1S/C27H36O7/c1-16-3-6-18(27-26(31)25(30)24(29)23(15-28)34-27)14-19(16)13-17-4-7-21(8-5-17)33-22-11-9-20(32-2)10-12-22/h3-8,14,20,22-31H,9-13,15H2,1-2H3/t20?,22?,23-,24-,25+,26-,27+/m1/s1. The second kappa shape index (κ2) is 11.2. The van der Waals surface area contributed by atoms with Crippen LogP contribution in [0.25, 0.3) is 0 Å². The van der Waals surface area contributed by atoms with Gasteiger partial charge in [-0.1, -0.05) is 30.3 Å². The predicted octanol–water partition coefficient (Wildman–Crippen LogP) is 2.44. The third-order valence-electron chi connectivity index (χ3n) is 7.17. The summed E-state index contributed by atoms with van der Waals surface area (Å²) in [7, 11) is 1.77. The molecule has 7 heteroatoms. The van der Waals surface area contributed by atoms with Crippen molar-refractivity contribution in [2.45, 2.75) is 81.8 Å². The Morgan fingerprint density at radius 2 is 1.56 bits per heavy atom. The number of hydrogen-bond donors (Lipinski definition) is 4. The van der Waals surface area contributed by atoms with E-state index >= 15 is 0 Å². The van der Waals surface area contributed by atoms with E-state index in [1.165, 1.54) is 0 Å². The minimum absolute atomic E-state index is 0.231.